The second kappa shape index (κ2) is 9.46. The highest BCUT2D eigenvalue weighted by molar-refractivity contribution is 7.99. The van der Waals surface area contributed by atoms with Crippen molar-refractivity contribution in [2.45, 2.75) is 28.8 Å². The largest absolute Gasteiger partial charge is 0.381 e. The molecule has 176 valence electrons. The van der Waals surface area contributed by atoms with Crippen molar-refractivity contribution >= 4 is 46.7 Å². The Balaban J connectivity index is 1.48. The predicted octanol–water partition coefficient (Wildman–Crippen LogP) is 2.08. The molecule has 0 radical (unpaired) electrons. The van der Waals surface area contributed by atoms with E-state index in [1.165, 1.54) is 36.8 Å². The summed E-state index contributed by atoms with van der Waals surface area (Å²) in [6, 6.07) is 5.02. The molecule has 1 spiro atoms. The van der Waals surface area contributed by atoms with E-state index < -0.39 is 11.7 Å². The van der Waals surface area contributed by atoms with Crippen LogP contribution in [0.1, 0.15) is 23.2 Å². The Morgan fingerprint density at radius 2 is 2.03 bits per heavy atom. The maximum absolute atomic E-state index is 12.5. The maximum Gasteiger partial charge on any atom is 0.294 e. The highest BCUT2D eigenvalue weighted by Gasteiger charge is 2.44. The van der Waals surface area contributed by atoms with Crippen LogP contribution in [0.25, 0.3) is 0 Å². The number of benzene rings is 1. The van der Waals surface area contributed by atoms with E-state index in [4.69, 9.17) is 27.8 Å². The molecule has 9 nitrogen and oxygen atoms in total. The van der Waals surface area contributed by atoms with Crippen LogP contribution in [0, 0.1) is 5.41 Å². The molecule has 4 rings (SSSR count). The number of nitrogens with zero attached hydrogens (tertiary/aromatic N) is 4. The summed E-state index contributed by atoms with van der Waals surface area (Å²) >= 11 is 7.65. The van der Waals surface area contributed by atoms with Crippen molar-refractivity contribution in [3.63, 3.8) is 0 Å². The third-order valence-electron chi connectivity index (χ3n) is 6.32. The molecule has 2 aliphatic heterocycles. The Kier molecular flexibility index (Phi) is 6.81. The lowest BCUT2D eigenvalue weighted by Crippen LogP contribution is -2.49. The number of amides is 1. The van der Waals surface area contributed by atoms with E-state index in [0.717, 1.165) is 25.9 Å². The molecule has 2 aliphatic rings. The van der Waals surface area contributed by atoms with Gasteiger partial charge in [-0.2, -0.15) is 0 Å². The number of anilines is 2. The van der Waals surface area contributed by atoms with Gasteiger partial charge in [-0.1, -0.05) is 29.4 Å². The first-order chi connectivity index (χ1) is 15.7. The predicted molar refractivity (Wildman–Crippen MR) is 128 cm³/mol. The minimum atomic E-state index is -0.669. The fraction of sp³-hybridized carbons (Fsp3) is 0.455. The number of nitrogen functional groups attached to an aromatic ring is 1. The van der Waals surface area contributed by atoms with Crippen LogP contribution in [0.2, 0.25) is 5.02 Å². The van der Waals surface area contributed by atoms with Gasteiger partial charge in [-0.15, -0.1) is 0 Å². The van der Waals surface area contributed by atoms with Crippen LogP contribution in [0.3, 0.4) is 0 Å². The van der Waals surface area contributed by atoms with Crippen molar-refractivity contribution in [1.29, 1.82) is 0 Å². The number of aromatic nitrogens is 2. The van der Waals surface area contributed by atoms with Crippen LogP contribution in [-0.2, 0) is 9.53 Å². The van der Waals surface area contributed by atoms with E-state index in [9.17, 15) is 9.59 Å². The van der Waals surface area contributed by atoms with Gasteiger partial charge in [0.15, 0.2) is 5.82 Å². The number of nitrogens with two attached hydrogens (primary N) is 2. The minimum absolute atomic E-state index is 0.0540. The van der Waals surface area contributed by atoms with E-state index in [2.05, 4.69) is 14.9 Å². The molecule has 0 saturated carbocycles. The zero-order valence-corrected chi connectivity index (χ0v) is 20.2. The second-order valence-corrected chi connectivity index (χ2v) is 10.0. The number of hydrogen-bond acceptors (Lipinski definition) is 9. The van der Waals surface area contributed by atoms with Crippen molar-refractivity contribution in [3.8, 4) is 0 Å². The van der Waals surface area contributed by atoms with Crippen molar-refractivity contribution in [3.05, 3.63) is 35.0 Å². The molecule has 2 fully saturated rings. The van der Waals surface area contributed by atoms with Gasteiger partial charge in [0.2, 0.25) is 0 Å². The molecular formula is C22H27ClN6O3S. The number of rotatable bonds is 5. The van der Waals surface area contributed by atoms with Crippen molar-refractivity contribution < 1.29 is 14.3 Å². The number of halogens is 1. The first-order valence-electron chi connectivity index (χ1n) is 10.6. The Morgan fingerprint density at radius 3 is 2.64 bits per heavy atom. The molecule has 3 heterocycles. The molecule has 0 unspecified atom stereocenters. The topological polar surface area (TPSA) is 128 Å². The molecule has 1 aromatic heterocycles. The molecule has 0 aliphatic carbocycles. The normalized spacial score (nSPS) is 19.6. The molecule has 4 N–H and O–H groups in total. The van der Waals surface area contributed by atoms with E-state index in [1.807, 2.05) is 0 Å². The van der Waals surface area contributed by atoms with Crippen LogP contribution < -0.4 is 16.4 Å². The van der Waals surface area contributed by atoms with Crippen LogP contribution in [-0.4, -0.2) is 73.0 Å². The summed E-state index contributed by atoms with van der Waals surface area (Å²) in [7, 11) is 3.03. The highest BCUT2D eigenvalue weighted by Crippen LogP contribution is 2.40. The van der Waals surface area contributed by atoms with E-state index in [-0.39, 0.29) is 27.9 Å². The van der Waals surface area contributed by atoms with Crippen LogP contribution in [0.5, 0.6) is 0 Å². The zero-order chi connectivity index (χ0) is 23.8. The fourth-order valence-corrected chi connectivity index (χ4v) is 5.31. The minimum Gasteiger partial charge on any atom is -0.381 e. The maximum atomic E-state index is 12.5. The van der Waals surface area contributed by atoms with Gasteiger partial charge in [0.1, 0.15) is 10.8 Å². The number of piperidine rings is 1. The molecule has 1 atom stereocenters. The summed E-state index contributed by atoms with van der Waals surface area (Å²) in [5.41, 5.74) is 12.7. The Morgan fingerprint density at radius 1 is 1.30 bits per heavy atom. The smallest absolute Gasteiger partial charge is 0.294 e. The van der Waals surface area contributed by atoms with Crippen LogP contribution in [0.15, 0.2) is 34.3 Å². The summed E-state index contributed by atoms with van der Waals surface area (Å²) in [4.78, 5) is 37.5. The van der Waals surface area contributed by atoms with Gasteiger partial charge in [-0.05, 0) is 25.0 Å². The zero-order valence-electron chi connectivity index (χ0n) is 18.6. The van der Waals surface area contributed by atoms with Gasteiger partial charge in [0, 0.05) is 49.1 Å². The van der Waals surface area contributed by atoms with Gasteiger partial charge in [0.25, 0.3) is 11.7 Å². The number of hydrogen-bond donors (Lipinski definition) is 2. The van der Waals surface area contributed by atoms with E-state index >= 15 is 0 Å². The van der Waals surface area contributed by atoms with Crippen LogP contribution in [0.4, 0.5) is 11.6 Å². The summed E-state index contributed by atoms with van der Waals surface area (Å²) < 4.78 is 5.59. The summed E-state index contributed by atoms with van der Waals surface area (Å²) in [6.07, 6.45) is 3.57. The standard InChI is InChI=1S/C22H27ClN6O3S/c1-28(2)21(31)18(30)13-4-3-5-14(17(13)23)33-20-19(25)27-16(10-26-20)29-8-6-22(7-9-29)12-32-11-15(22)24/h3-5,10,15H,6-9,11-12,24H2,1-2H3,(H2,25,27)/t15-/m1/s1. The lowest BCUT2D eigenvalue weighted by atomic mass is 9.75. The summed E-state index contributed by atoms with van der Waals surface area (Å²) in [6.45, 7) is 2.96. The first kappa shape index (κ1) is 23.7. The summed E-state index contributed by atoms with van der Waals surface area (Å²) in [5, 5.41) is 0.660. The van der Waals surface area contributed by atoms with Crippen molar-refractivity contribution in [1.82, 2.24) is 14.9 Å². The number of ketones is 1. The van der Waals surface area contributed by atoms with E-state index in [1.54, 1.807) is 18.3 Å². The third-order valence-corrected chi connectivity index (χ3v) is 7.91. The van der Waals surface area contributed by atoms with Gasteiger partial charge in [-0.3, -0.25) is 9.59 Å². The number of carbonyl (C=O) groups excluding carboxylic acids is 2. The summed E-state index contributed by atoms with van der Waals surface area (Å²) in [5.74, 6) is -0.324. The average molecular weight is 491 g/mol. The molecule has 11 heteroatoms. The van der Waals surface area contributed by atoms with Crippen molar-refractivity contribution in [2.24, 2.45) is 11.1 Å². The second-order valence-electron chi connectivity index (χ2n) is 8.64. The fourth-order valence-electron chi connectivity index (χ4n) is 4.17. The van der Waals surface area contributed by atoms with Crippen molar-refractivity contribution in [2.75, 3.05) is 51.0 Å². The Labute approximate surface area is 201 Å². The quantitative estimate of drug-likeness (QED) is 0.478. The lowest BCUT2D eigenvalue weighted by molar-refractivity contribution is -0.124. The molecular weight excluding hydrogens is 464 g/mol. The van der Waals surface area contributed by atoms with Gasteiger partial charge in [-0.25, -0.2) is 9.97 Å². The number of likely N-dealkylation sites (N-methyl/N-ethyl adjacent to an activating group) is 1. The number of ether oxygens (including phenoxy) is 1. The highest BCUT2D eigenvalue weighted by atomic mass is 35.5. The first-order valence-corrected chi connectivity index (χ1v) is 11.8. The molecule has 2 saturated heterocycles. The number of carbonyl (C=O) groups is 2. The third kappa shape index (κ3) is 4.65. The molecule has 1 amide bonds. The lowest BCUT2D eigenvalue weighted by Gasteiger charge is -2.41. The Hall–Kier alpha value is -2.40. The Bertz CT molecular complexity index is 1070. The monoisotopic (exact) mass is 490 g/mol. The average Bonchev–Trinajstić information content (AvgIpc) is 3.15. The van der Waals surface area contributed by atoms with Gasteiger partial charge < -0.3 is 26.0 Å². The molecule has 0 bridgehead atoms. The van der Waals surface area contributed by atoms with E-state index in [0.29, 0.717) is 29.0 Å². The van der Waals surface area contributed by atoms with Crippen LogP contribution >= 0.6 is 23.4 Å². The van der Waals surface area contributed by atoms with Gasteiger partial charge >= 0.3 is 0 Å². The molecule has 2 aromatic rings. The molecule has 33 heavy (non-hydrogen) atoms. The van der Waals surface area contributed by atoms with Gasteiger partial charge in [0.05, 0.1) is 24.4 Å². The SMILES string of the molecule is CN(C)C(=O)C(=O)c1cccc(Sc2ncc(N3CCC4(CC3)COC[C@H]4N)nc2N)c1Cl. The number of Topliss-reactive ketones (excluding diaryl/α,β-unsaturated/α-hetero) is 1. The molecule has 1 aromatic carbocycles.